The van der Waals surface area contributed by atoms with Gasteiger partial charge in [0.25, 0.3) is 0 Å². The van der Waals surface area contributed by atoms with Gasteiger partial charge in [0.1, 0.15) is 11.3 Å². The van der Waals surface area contributed by atoms with Gasteiger partial charge in [-0.05, 0) is 24.0 Å². The topological polar surface area (TPSA) is 39.2 Å². The minimum absolute atomic E-state index is 0.0166. The second kappa shape index (κ2) is 4.30. The number of hydrogen-bond donors (Lipinski definition) is 1. The van der Waals surface area contributed by atoms with Crippen molar-refractivity contribution < 1.29 is 4.42 Å². The Labute approximate surface area is 96.4 Å². The van der Waals surface area contributed by atoms with Crippen LogP contribution in [0, 0.1) is 5.92 Å². The Balaban J connectivity index is 2.51. The fourth-order valence-corrected chi connectivity index (χ4v) is 1.91. The van der Waals surface area contributed by atoms with E-state index >= 15 is 0 Å². The van der Waals surface area contributed by atoms with Gasteiger partial charge in [-0.15, -0.1) is 0 Å². The molecule has 2 heteroatoms. The number of rotatable bonds is 3. The predicted octanol–water partition coefficient (Wildman–Crippen LogP) is 3.65. The third-order valence-corrected chi connectivity index (χ3v) is 3.07. The molecule has 0 unspecified atom stereocenters. The average Bonchev–Trinajstić information content (AvgIpc) is 2.70. The lowest BCUT2D eigenvalue weighted by Gasteiger charge is -2.11. The van der Waals surface area contributed by atoms with Crippen LogP contribution in [-0.4, -0.2) is 0 Å². The van der Waals surface area contributed by atoms with Crippen LogP contribution in [0.2, 0.25) is 0 Å². The lowest BCUT2D eigenvalue weighted by molar-refractivity contribution is 0.417. The summed E-state index contributed by atoms with van der Waals surface area (Å²) in [6.45, 7) is 6.36. The first-order valence-corrected chi connectivity index (χ1v) is 5.90. The molecule has 0 spiro atoms. The van der Waals surface area contributed by atoms with E-state index in [1.807, 2.05) is 0 Å². The summed E-state index contributed by atoms with van der Waals surface area (Å²) >= 11 is 0. The van der Waals surface area contributed by atoms with Crippen LogP contribution >= 0.6 is 0 Å². The Morgan fingerprint density at radius 1 is 1.31 bits per heavy atom. The molecule has 1 aromatic carbocycles. The Bertz CT molecular complexity index is 484. The molecule has 0 amide bonds. The Morgan fingerprint density at radius 2 is 2.06 bits per heavy atom. The molecule has 0 bridgehead atoms. The normalized spacial score (nSPS) is 13.6. The molecule has 0 radical (unpaired) electrons. The van der Waals surface area contributed by atoms with E-state index in [1.54, 1.807) is 0 Å². The largest absolute Gasteiger partial charge is 0.459 e. The summed E-state index contributed by atoms with van der Waals surface area (Å²) in [6.07, 6.45) is 0.987. The zero-order valence-electron chi connectivity index (χ0n) is 10.2. The van der Waals surface area contributed by atoms with Crippen molar-refractivity contribution in [3.8, 4) is 0 Å². The van der Waals surface area contributed by atoms with Crippen molar-refractivity contribution in [3.05, 3.63) is 35.6 Å². The maximum Gasteiger partial charge on any atom is 0.137 e. The fraction of sp³-hybridized carbons (Fsp3) is 0.429. The summed E-state index contributed by atoms with van der Waals surface area (Å²) < 4.78 is 5.89. The van der Waals surface area contributed by atoms with Crippen LogP contribution in [0.4, 0.5) is 0 Å². The van der Waals surface area contributed by atoms with Crippen LogP contribution in [0.25, 0.3) is 11.0 Å². The van der Waals surface area contributed by atoms with Gasteiger partial charge in [-0.25, -0.2) is 0 Å². The summed E-state index contributed by atoms with van der Waals surface area (Å²) in [7, 11) is 0. The van der Waals surface area contributed by atoms with E-state index in [-0.39, 0.29) is 6.04 Å². The predicted molar refractivity (Wildman–Crippen MR) is 67.4 cm³/mol. The van der Waals surface area contributed by atoms with Gasteiger partial charge in [-0.1, -0.05) is 39.0 Å². The van der Waals surface area contributed by atoms with E-state index in [0.717, 1.165) is 23.2 Å². The quantitative estimate of drug-likeness (QED) is 0.852. The van der Waals surface area contributed by atoms with Gasteiger partial charge in [0.2, 0.25) is 0 Å². The van der Waals surface area contributed by atoms with Crippen LogP contribution in [0.3, 0.4) is 0 Å². The molecule has 1 heterocycles. The van der Waals surface area contributed by atoms with Crippen molar-refractivity contribution >= 4 is 11.0 Å². The minimum Gasteiger partial charge on any atom is -0.459 e. The maximum atomic E-state index is 6.10. The molecule has 0 saturated heterocycles. The molecular formula is C14H19NO. The second-order valence-electron chi connectivity index (χ2n) is 4.61. The first kappa shape index (κ1) is 11.2. The lowest BCUT2D eigenvalue weighted by Crippen LogP contribution is -2.15. The number of nitrogens with two attached hydrogens (primary N) is 1. The summed E-state index contributed by atoms with van der Waals surface area (Å²) in [6, 6.07) is 8.31. The van der Waals surface area contributed by atoms with Crippen molar-refractivity contribution in [3.63, 3.8) is 0 Å². The van der Waals surface area contributed by atoms with E-state index in [0.29, 0.717) is 5.92 Å². The molecule has 2 nitrogen and oxygen atoms in total. The van der Waals surface area contributed by atoms with Gasteiger partial charge in [0.05, 0.1) is 6.04 Å². The molecule has 2 aromatic rings. The van der Waals surface area contributed by atoms with Gasteiger partial charge in [0.15, 0.2) is 0 Å². The number of aryl methyl sites for hydroxylation is 1. The molecule has 0 aliphatic rings. The molecule has 0 saturated carbocycles. The van der Waals surface area contributed by atoms with Crippen LogP contribution in [0.5, 0.6) is 0 Å². The Kier molecular flexibility index (Phi) is 3.01. The number of hydrogen-bond acceptors (Lipinski definition) is 2. The highest BCUT2D eigenvalue weighted by Crippen LogP contribution is 2.28. The maximum absolute atomic E-state index is 6.10. The van der Waals surface area contributed by atoms with Crippen molar-refractivity contribution in [2.24, 2.45) is 11.7 Å². The molecule has 1 atom stereocenters. The molecule has 86 valence electrons. The molecule has 0 fully saturated rings. The smallest absolute Gasteiger partial charge is 0.137 e. The van der Waals surface area contributed by atoms with Crippen LogP contribution in [-0.2, 0) is 6.42 Å². The Hall–Kier alpha value is -1.28. The third kappa shape index (κ3) is 1.85. The molecule has 1 aromatic heterocycles. The van der Waals surface area contributed by atoms with Gasteiger partial charge in [0, 0.05) is 5.39 Å². The van der Waals surface area contributed by atoms with Crippen molar-refractivity contribution in [2.75, 3.05) is 0 Å². The highest BCUT2D eigenvalue weighted by atomic mass is 16.3. The molecule has 2 rings (SSSR count). The van der Waals surface area contributed by atoms with Crippen LogP contribution in [0.15, 0.2) is 28.7 Å². The van der Waals surface area contributed by atoms with Crippen molar-refractivity contribution in [1.82, 2.24) is 0 Å². The summed E-state index contributed by atoms with van der Waals surface area (Å²) in [5, 5.41) is 1.16. The SMILES string of the molecule is CCc1cccc2cc([C@H](N)C(C)C)oc12. The number of furan rings is 1. The molecular weight excluding hydrogens is 198 g/mol. The highest BCUT2D eigenvalue weighted by molar-refractivity contribution is 5.81. The monoisotopic (exact) mass is 217 g/mol. The average molecular weight is 217 g/mol. The molecule has 2 N–H and O–H groups in total. The number of fused-ring (bicyclic) bond motifs is 1. The number of para-hydroxylation sites is 1. The van der Waals surface area contributed by atoms with Gasteiger partial charge in [-0.3, -0.25) is 0 Å². The van der Waals surface area contributed by atoms with Crippen LogP contribution in [0.1, 0.15) is 38.1 Å². The molecule has 16 heavy (non-hydrogen) atoms. The standard InChI is InChI=1S/C14H19NO/c1-4-10-6-5-7-11-8-12(16-14(10)11)13(15)9(2)3/h5-9,13H,4,15H2,1-3H3/t13-/m1/s1. The van der Waals surface area contributed by atoms with Crippen LogP contribution < -0.4 is 5.73 Å². The zero-order chi connectivity index (χ0) is 11.7. The molecule has 0 aliphatic heterocycles. The van der Waals surface area contributed by atoms with Gasteiger partial charge in [-0.2, -0.15) is 0 Å². The van der Waals surface area contributed by atoms with E-state index < -0.39 is 0 Å². The fourth-order valence-electron chi connectivity index (χ4n) is 1.91. The highest BCUT2D eigenvalue weighted by Gasteiger charge is 2.16. The first-order valence-electron chi connectivity index (χ1n) is 5.90. The van der Waals surface area contributed by atoms with Crippen molar-refractivity contribution in [1.29, 1.82) is 0 Å². The van der Waals surface area contributed by atoms with Crippen molar-refractivity contribution in [2.45, 2.75) is 33.2 Å². The molecule has 0 aliphatic carbocycles. The summed E-state index contributed by atoms with van der Waals surface area (Å²) in [4.78, 5) is 0. The summed E-state index contributed by atoms with van der Waals surface area (Å²) in [5.74, 6) is 1.29. The van der Waals surface area contributed by atoms with E-state index in [9.17, 15) is 0 Å². The second-order valence-corrected chi connectivity index (χ2v) is 4.61. The van der Waals surface area contributed by atoms with E-state index in [2.05, 4.69) is 45.0 Å². The minimum atomic E-state index is -0.0166. The Morgan fingerprint density at radius 3 is 2.69 bits per heavy atom. The summed E-state index contributed by atoms with van der Waals surface area (Å²) in [5.41, 5.74) is 8.35. The third-order valence-electron chi connectivity index (χ3n) is 3.07. The lowest BCUT2D eigenvalue weighted by atomic mass is 10.0. The van der Waals surface area contributed by atoms with E-state index in [4.69, 9.17) is 10.2 Å². The first-order chi connectivity index (χ1) is 7.63. The van der Waals surface area contributed by atoms with Gasteiger partial charge >= 0.3 is 0 Å². The van der Waals surface area contributed by atoms with E-state index in [1.165, 1.54) is 5.56 Å². The zero-order valence-corrected chi connectivity index (χ0v) is 10.2. The van der Waals surface area contributed by atoms with Gasteiger partial charge < -0.3 is 10.2 Å². The number of benzene rings is 1.